The highest BCUT2D eigenvalue weighted by Crippen LogP contribution is 2.61. The van der Waals surface area contributed by atoms with Crippen LogP contribution >= 0.6 is 0 Å². The van der Waals surface area contributed by atoms with Crippen molar-refractivity contribution in [2.24, 2.45) is 11.8 Å². The van der Waals surface area contributed by atoms with Crippen molar-refractivity contribution in [3.05, 3.63) is 59.4 Å². The molecule has 0 radical (unpaired) electrons. The van der Waals surface area contributed by atoms with Gasteiger partial charge in [-0.05, 0) is 49.7 Å². The van der Waals surface area contributed by atoms with Crippen LogP contribution < -0.4 is 10.2 Å². The van der Waals surface area contributed by atoms with Crippen LogP contribution in [0.4, 0.5) is 23.7 Å². The lowest BCUT2D eigenvalue weighted by atomic mass is 9.66. The summed E-state index contributed by atoms with van der Waals surface area (Å²) < 4.78 is 52.0. The lowest BCUT2D eigenvalue weighted by Crippen LogP contribution is -2.56. The standard InChI is InChI=1S/C25H21F3N4O5/c1-23-10-17(31-22(35)36-12-13-5-7-30-8-6-13)24(2,37-23)19-18(23)20(33)32(21(19)34)15-4-3-14(11-29)16(9-15)25(26,27)28/h3-9,17-19H,10,12H2,1-2H3,(H,31,35)/t17-,18-,19+,23+,24-/m1/s1. The first-order valence-electron chi connectivity index (χ1n) is 11.4. The number of hydrogen-bond acceptors (Lipinski definition) is 7. The molecule has 2 bridgehead atoms. The van der Waals surface area contributed by atoms with Crippen molar-refractivity contribution in [1.29, 1.82) is 5.26 Å². The molecule has 0 unspecified atom stereocenters. The molecule has 2 aromatic rings. The minimum atomic E-state index is -4.85. The number of halogens is 3. The number of anilines is 1. The van der Waals surface area contributed by atoms with E-state index in [1.165, 1.54) is 6.07 Å². The number of carbonyl (C=O) groups excluding carboxylic acids is 3. The van der Waals surface area contributed by atoms with E-state index in [1.54, 1.807) is 38.4 Å². The molecule has 0 aliphatic carbocycles. The van der Waals surface area contributed by atoms with Gasteiger partial charge in [0.2, 0.25) is 11.8 Å². The number of nitriles is 1. The molecule has 1 aromatic carbocycles. The average molecular weight is 514 g/mol. The summed E-state index contributed by atoms with van der Waals surface area (Å²) in [5, 5.41) is 11.8. The summed E-state index contributed by atoms with van der Waals surface area (Å²) in [4.78, 5) is 44.1. The molecule has 3 fully saturated rings. The molecule has 3 amide bonds. The summed E-state index contributed by atoms with van der Waals surface area (Å²) in [6, 6.07) is 6.88. The van der Waals surface area contributed by atoms with Crippen molar-refractivity contribution >= 4 is 23.6 Å². The predicted molar refractivity (Wildman–Crippen MR) is 119 cm³/mol. The normalized spacial score (nSPS) is 30.3. The molecule has 3 aliphatic rings. The number of rotatable bonds is 4. The van der Waals surface area contributed by atoms with Gasteiger partial charge in [-0.2, -0.15) is 18.4 Å². The van der Waals surface area contributed by atoms with Gasteiger partial charge < -0.3 is 14.8 Å². The number of nitrogens with one attached hydrogen (secondary N) is 1. The highest BCUT2D eigenvalue weighted by atomic mass is 19.4. The van der Waals surface area contributed by atoms with Crippen LogP contribution in [-0.2, 0) is 31.8 Å². The Kier molecular flexibility index (Phi) is 5.52. The Labute approximate surface area is 209 Å². The largest absolute Gasteiger partial charge is 0.445 e. The maximum absolute atomic E-state index is 13.5. The number of ether oxygens (including phenoxy) is 2. The van der Waals surface area contributed by atoms with Gasteiger partial charge in [0, 0.05) is 18.8 Å². The third kappa shape index (κ3) is 3.81. The maximum atomic E-state index is 13.5. The van der Waals surface area contributed by atoms with Gasteiger partial charge in [0.05, 0.1) is 52.0 Å². The zero-order chi connectivity index (χ0) is 26.8. The summed E-state index contributed by atoms with van der Waals surface area (Å²) in [6.45, 7) is 3.24. The van der Waals surface area contributed by atoms with E-state index in [1.807, 2.05) is 0 Å². The van der Waals surface area contributed by atoms with Crippen molar-refractivity contribution in [3.8, 4) is 6.07 Å². The van der Waals surface area contributed by atoms with Crippen LogP contribution in [0.1, 0.15) is 37.0 Å². The Morgan fingerprint density at radius 3 is 2.54 bits per heavy atom. The number of hydrogen-bond donors (Lipinski definition) is 1. The molecule has 3 aliphatic heterocycles. The summed E-state index contributed by atoms with van der Waals surface area (Å²) >= 11 is 0. The second-order valence-corrected chi connectivity index (χ2v) is 9.74. The van der Waals surface area contributed by atoms with Gasteiger partial charge in [0.1, 0.15) is 6.61 Å². The number of alkyl carbamates (subject to hydrolysis) is 1. The van der Waals surface area contributed by atoms with Crippen LogP contribution in [0.3, 0.4) is 0 Å². The summed E-state index contributed by atoms with van der Waals surface area (Å²) in [5.41, 5.74) is -3.84. The van der Waals surface area contributed by atoms with Crippen molar-refractivity contribution in [2.75, 3.05) is 4.90 Å². The zero-order valence-corrected chi connectivity index (χ0v) is 19.7. The van der Waals surface area contributed by atoms with Crippen molar-refractivity contribution in [1.82, 2.24) is 10.3 Å². The third-order valence-corrected chi connectivity index (χ3v) is 7.43. The molecule has 4 heterocycles. The minimum Gasteiger partial charge on any atom is -0.445 e. The number of carbonyl (C=O) groups is 3. The predicted octanol–water partition coefficient (Wildman–Crippen LogP) is 3.32. The molecule has 3 saturated heterocycles. The number of nitrogens with zero attached hydrogens (tertiary/aromatic N) is 3. The SMILES string of the molecule is C[C@@]12O[C@@](C)(C[C@H]1NC(=O)OCc1ccncc1)[C@H]1C(=O)N(c3ccc(C#N)c(C(F)(F)F)c3)C(=O)[C@H]12. The third-order valence-electron chi connectivity index (χ3n) is 7.43. The van der Waals surface area contributed by atoms with E-state index >= 15 is 0 Å². The molecular weight excluding hydrogens is 493 g/mol. The van der Waals surface area contributed by atoms with Crippen LogP contribution in [0.15, 0.2) is 42.7 Å². The number of imide groups is 1. The Balaban J connectivity index is 1.39. The van der Waals surface area contributed by atoms with Gasteiger partial charge in [-0.1, -0.05) is 0 Å². The van der Waals surface area contributed by atoms with Crippen LogP contribution in [-0.4, -0.2) is 40.1 Å². The Bertz CT molecular complexity index is 1340. The highest BCUT2D eigenvalue weighted by Gasteiger charge is 2.76. The number of alkyl halides is 3. The molecule has 192 valence electrons. The van der Waals surface area contributed by atoms with Gasteiger partial charge in [0.15, 0.2) is 0 Å². The molecule has 1 aromatic heterocycles. The summed E-state index contributed by atoms with van der Waals surface area (Å²) in [6.07, 6.45) is -2.28. The maximum Gasteiger partial charge on any atom is 0.417 e. The zero-order valence-electron chi connectivity index (χ0n) is 19.7. The van der Waals surface area contributed by atoms with Crippen LogP contribution in [0.2, 0.25) is 0 Å². The Morgan fingerprint density at radius 1 is 1.22 bits per heavy atom. The first-order valence-corrected chi connectivity index (χ1v) is 11.4. The molecule has 5 rings (SSSR count). The fraction of sp³-hybridized carbons (Fsp3) is 0.400. The fourth-order valence-electron chi connectivity index (χ4n) is 5.82. The monoisotopic (exact) mass is 514 g/mol. The van der Waals surface area contributed by atoms with E-state index in [4.69, 9.17) is 14.7 Å². The van der Waals surface area contributed by atoms with Crippen LogP contribution in [0.5, 0.6) is 0 Å². The second-order valence-electron chi connectivity index (χ2n) is 9.74. The van der Waals surface area contributed by atoms with Gasteiger partial charge >= 0.3 is 12.3 Å². The average Bonchev–Trinajstić information content (AvgIpc) is 3.37. The minimum absolute atomic E-state index is 0.00656. The molecule has 0 spiro atoms. The van der Waals surface area contributed by atoms with E-state index in [0.717, 1.165) is 22.6 Å². The summed E-state index contributed by atoms with van der Waals surface area (Å²) in [5.74, 6) is -3.39. The van der Waals surface area contributed by atoms with Crippen LogP contribution in [0, 0.1) is 23.2 Å². The van der Waals surface area contributed by atoms with E-state index in [9.17, 15) is 27.6 Å². The number of fused-ring (bicyclic) bond motifs is 5. The van der Waals surface area contributed by atoms with Gasteiger partial charge in [-0.3, -0.25) is 14.6 Å². The number of benzene rings is 1. The number of aromatic nitrogens is 1. The summed E-state index contributed by atoms with van der Waals surface area (Å²) in [7, 11) is 0. The Morgan fingerprint density at radius 2 is 1.89 bits per heavy atom. The first kappa shape index (κ1) is 24.7. The lowest BCUT2D eigenvalue weighted by molar-refractivity contribution is -0.138. The van der Waals surface area contributed by atoms with Crippen LogP contribution in [0.25, 0.3) is 0 Å². The smallest absolute Gasteiger partial charge is 0.417 e. The Hall–Kier alpha value is -3.98. The first-order chi connectivity index (χ1) is 17.4. The van der Waals surface area contributed by atoms with Gasteiger partial charge in [-0.15, -0.1) is 0 Å². The molecule has 37 heavy (non-hydrogen) atoms. The van der Waals surface area contributed by atoms with Crippen molar-refractivity contribution in [2.45, 2.75) is 50.3 Å². The lowest BCUT2D eigenvalue weighted by Gasteiger charge is -2.35. The van der Waals surface area contributed by atoms with Crippen molar-refractivity contribution < 1.29 is 37.0 Å². The molecule has 5 atom stereocenters. The van der Waals surface area contributed by atoms with E-state index < -0.39 is 64.3 Å². The molecular formula is C25H21F3N4O5. The number of pyridine rings is 1. The second kappa shape index (κ2) is 8.27. The topological polar surface area (TPSA) is 122 Å². The highest BCUT2D eigenvalue weighted by molar-refractivity contribution is 6.23. The molecule has 9 nitrogen and oxygen atoms in total. The van der Waals surface area contributed by atoms with E-state index in [-0.39, 0.29) is 18.7 Å². The molecule has 0 saturated carbocycles. The number of amides is 3. The van der Waals surface area contributed by atoms with E-state index in [0.29, 0.717) is 6.07 Å². The molecule has 1 N–H and O–H groups in total. The molecule has 12 heteroatoms. The van der Waals surface area contributed by atoms with E-state index in [2.05, 4.69) is 10.3 Å². The van der Waals surface area contributed by atoms with Gasteiger partial charge in [-0.25, -0.2) is 9.69 Å². The fourth-order valence-corrected chi connectivity index (χ4v) is 5.82. The quantitative estimate of drug-likeness (QED) is 0.621. The van der Waals surface area contributed by atoms with Gasteiger partial charge in [0.25, 0.3) is 0 Å². The van der Waals surface area contributed by atoms with Crippen molar-refractivity contribution in [3.63, 3.8) is 0 Å².